The van der Waals surface area contributed by atoms with E-state index in [0.29, 0.717) is 0 Å². The molecule has 3 rings (SSSR count). The molecule has 0 saturated carbocycles. The lowest BCUT2D eigenvalue weighted by molar-refractivity contribution is 0.0913. The Bertz CT molecular complexity index is 692. The van der Waals surface area contributed by atoms with E-state index in [1.54, 1.807) is 0 Å². The van der Waals surface area contributed by atoms with Crippen molar-refractivity contribution in [3.63, 3.8) is 0 Å². The molecule has 1 aromatic heterocycles. The minimum absolute atomic E-state index is 0.0163. The van der Waals surface area contributed by atoms with Crippen molar-refractivity contribution in [2.24, 2.45) is 0 Å². The standard InChI is InChI=1S/C17H17Br2ClN2OS/c18-14-9-15(24-16(14)19)17(23)21-13-5-7-22(8-6-13)10-11-1-3-12(20)4-2-11/h1-4,9,13H,5-8,10H2,(H,21,23). The maximum atomic E-state index is 12.3. The summed E-state index contributed by atoms with van der Waals surface area (Å²) in [6.45, 7) is 2.92. The van der Waals surface area contributed by atoms with Crippen LogP contribution >= 0.6 is 54.8 Å². The van der Waals surface area contributed by atoms with Gasteiger partial charge in [-0.15, -0.1) is 11.3 Å². The van der Waals surface area contributed by atoms with Crippen LogP contribution in [0.5, 0.6) is 0 Å². The fourth-order valence-electron chi connectivity index (χ4n) is 2.80. The summed E-state index contributed by atoms with van der Waals surface area (Å²) in [5.41, 5.74) is 1.27. The molecule has 1 amide bonds. The largest absolute Gasteiger partial charge is 0.349 e. The number of hydrogen-bond donors (Lipinski definition) is 1. The molecule has 128 valence electrons. The van der Waals surface area contributed by atoms with Crippen LogP contribution in [0.2, 0.25) is 5.02 Å². The predicted molar refractivity (Wildman–Crippen MR) is 107 cm³/mol. The van der Waals surface area contributed by atoms with Gasteiger partial charge in [-0.3, -0.25) is 9.69 Å². The molecule has 1 aromatic carbocycles. The van der Waals surface area contributed by atoms with Gasteiger partial charge in [-0.25, -0.2) is 0 Å². The van der Waals surface area contributed by atoms with E-state index in [9.17, 15) is 4.79 Å². The summed E-state index contributed by atoms with van der Waals surface area (Å²) >= 11 is 14.2. The number of nitrogens with one attached hydrogen (secondary N) is 1. The monoisotopic (exact) mass is 490 g/mol. The van der Waals surface area contributed by atoms with Gasteiger partial charge in [0, 0.05) is 35.2 Å². The zero-order valence-electron chi connectivity index (χ0n) is 12.9. The summed E-state index contributed by atoms with van der Waals surface area (Å²) in [6.07, 6.45) is 1.96. The fourth-order valence-corrected chi connectivity index (χ4v) is 4.86. The molecule has 1 aliphatic heterocycles. The van der Waals surface area contributed by atoms with Gasteiger partial charge >= 0.3 is 0 Å². The number of nitrogens with zero attached hydrogens (tertiary/aromatic N) is 1. The summed E-state index contributed by atoms with van der Waals surface area (Å²) < 4.78 is 1.88. The van der Waals surface area contributed by atoms with Crippen molar-refractivity contribution in [3.8, 4) is 0 Å². The van der Waals surface area contributed by atoms with Crippen LogP contribution in [0, 0.1) is 0 Å². The van der Waals surface area contributed by atoms with Gasteiger partial charge < -0.3 is 5.32 Å². The number of amides is 1. The highest BCUT2D eigenvalue weighted by Gasteiger charge is 2.22. The number of thiophene rings is 1. The maximum Gasteiger partial charge on any atom is 0.261 e. The molecule has 0 unspecified atom stereocenters. The van der Waals surface area contributed by atoms with Crippen molar-refractivity contribution >= 4 is 60.7 Å². The molecule has 0 aliphatic carbocycles. The topological polar surface area (TPSA) is 32.3 Å². The Morgan fingerprint density at radius 2 is 1.92 bits per heavy atom. The molecule has 7 heteroatoms. The van der Waals surface area contributed by atoms with Crippen molar-refractivity contribution in [3.05, 3.63) is 54.1 Å². The van der Waals surface area contributed by atoms with Crippen molar-refractivity contribution in [2.75, 3.05) is 13.1 Å². The van der Waals surface area contributed by atoms with E-state index in [1.165, 1.54) is 16.9 Å². The number of likely N-dealkylation sites (tertiary alicyclic amines) is 1. The molecule has 0 spiro atoms. The van der Waals surface area contributed by atoms with E-state index in [-0.39, 0.29) is 11.9 Å². The van der Waals surface area contributed by atoms with Crippen LogP contribution < -0.4 is 5.32 Å². The third kappa shape index (κ3) is 4.82. The Hall–Kier alpha value is -0.400. The summed E-state index contributed by atoms with van der Waals surface area (Å²) in [6, 6.07) is 10.1. The highest BCUT2D eigenvalue weighted by Crippen LogP contribution is 2.32. The first-order valence-corrected chi connectivity index (χ1v) is 10.5. The lowest BCUT2D eigenvalue weighted by Gasteiger charge is -2.32. The van der Waals surface area contributed by atoms with E-state index in [2.05, 4.69) is 54.2 Å². The highest BCUT2D eigenvalue weighted by atomic mass is 79.9. The number of carbonyl (C=O) groups is 1. The van der Waals surface area contributed by atoms with Crippen molar-refractivity contribution in [1.82, 2.24) is 10.2 Å². The smallest absolute Gasteiger partial charge is 0.261 e. The van der Waals surface area contributed by atoms with Gasteiger partial charge in [0.1, 0.15) is 0 Å². The third-order valence-corrected chi connectivity index (χ3v) is 7.62. The molecular formula is C17H17Br2ClN2OS. The quantitative estimate of drug-likeness (QED) is 0.627. The predicted octanol–water partition coefficient (Wildman–Crippen LogP) is 5.32. The van der Waals surface area contributed by atoms with Crippen LogP contribution in [0.25, 0.3) is 0 Å². The number of carbonyl (C=O) groups excluding carboxylic acids is 1. The van der Waals surface area contributed by atoms with E-state index >= 15 is 0 Å². The second-order valence-electron chi connectivity index (χ2n) is 5.88. The summed E-state index contributed by atoms with van der Waals surface area (Å²) in [5.74, 6) is 0.0163. The zero-order valence-corrected chi connectivity index (χ0v) is 17.6. The molecule has 1 aliphatic rings. The van der Waals surface area contributed by atoms with Gasteiger partial charge in [0.25, 0.3) is 5.91 Å². The molecule has 1 saturated heterocycles. The number of halogens is 3. The molecular weight excluding hydrogens is 476 g/mol. The minimum Gasteiger partial charge on any atom is -0.349 e. The van der Waals surface area contributed by atoms with Crippen molar-refractivity contribution in [2.45, 2.75) is 25.4 Å². The number of benzene rings is 1. The Kier molecular flexibility index (Phi) is 6.38. The van der Waals surface area contributed by atoms with Gasteiger partial charge in [0.15, 0.2) is 0 Å². The first-order chi connectivity index (χ1) is 11.5. The molecule has 0 radical (unpaired) electrons. The first-order valence-electron chi connectivity index (χ1n) is 7.74. The summed E-state index contributed by atoms with van der Waals surface area (Å²) in [7, 11) is 0. The zero-order chi connectivity index (χ0) is 17.1. The van der Waals surface area contributed by atoms with E-state index < -0.39 is 0 Å². The molecule has 2 aromatic rings. The molecule has 1 fully saturated rings. The Labute approximate surface area is 167 Å². The number of hydrogen-bond acceptors (Lipinski definition) is 3. The van der Waals surface area contributed by atoms with Gasteiger partial charge in [0.2, 0.25) is 0 Å². The van der Waals surface area contributed by atoms with E-state index in [4.69, 9.17) is 11.6 Å². The summed E-state index contributed by atoms with van der Waals surface area (Å²) in [4.78, 5) is 15.5. The van der Waals surface area contributed by atoms with Crippen LogP contribution in [-0.4, -0.2) is 29.9 Å². The van der Waals surface area contributed by atoms with Crippen molar-refractivity contribution < 1.29 is 4.79 Å². The second-order valence-corrected chi connectivity index (χ2v) is 9.54. The van der Waals surface area contributed by atoms with Crippen LogP contribution in [-0.2, 0) is 6.54 Å². The second kappa shape index (κ2) is 8.32. The average Bonchev–Trinajstić information content (AvgIpc) is 2.91. The van der Waals surface area contributed by atoms with E-state index in [1.807, 2.05) is 18.2 Å². The number of piperidine rings is 1. The van der Waals surface area contributed by atoms with Crippen LogP contribution in [0.1, 0.15) is 28.1 Å². The first kappa shape index (κ1) is 18.4. The van der Waals surface area contributed by atoms with Crippen LogP contribution in [0.15, 0.2) is 38.6 Å². The molecule has 2 heterocycles. The lowest BCUT2D eigenvalue weighted by atomic mass is 10.0. The van der Waals surface area contributed by atoms with Crippen LogP contribution in [0.3, 0.4) is 0 Å². The molecule has 0 atom stereocenters. The molecule has 0 bridgehead atoms. The highest BCUT2D eigenvalue weighted by molar-refractivity contribution is 9.13. The van der Waals surface area contributed by atoms with Gasteiger partial charge in [-0.2, -0.15) is 0 Å². The SMILES string of the molecule is O=C(NC1CCN(Cc2ccc(Cl)cc2)CC1)c1cc(Br)c(Br)s1. The van der Waals surface area contributed by atoms with Crippen molar-refractivity contribution in [1.29, 1.82) is 0 Å². The molecule has 24 heavy (non-hydrogen) atoms. The normalized spacial score (nSPS) is 16.3. The van der Waals surface area contributed by atoms with Crippen LogP contribution in [0.4, 0.5) is 0 Å². The third-order valence-electron chi connectivity index (χ3n) is 4.11. The fraction of sp³-hybridized carbons (Fsp3) is 0.353. The molecule has 3 nitrogen and oxygen atoms in total. The number of rotatable bonds is 4. The summed E-state index contributed by atoms with van der Waals surface area (Å²) in [5, 5.41) is 3.92. The maximum absolute atomic E-state index is 12.3. The lowest BCUT2D eigenvalue weighted by Crippen LogP contribution is -2.44. The van der Waals surface area contributed by atoms with Gasteiger partial charge in [-0.05, 0) is 68.5 Å². The van der Waals surface area contributed by atoms with Gasteiger partial charge in [-0.1, -0.05) is 23.7 Å². The van der Waals surface area contributed by atoms with Gasteiger partial charge in [0.05, 0.1) is 8.66 Å². The Balaban J connectivity index is 1.48. The molecule has 1 N–H and O–H groups in total. The van der Waals surface area contributed by atoms with E-state index in [0.717, 1.165) is 50.6 Å². The Morgan fingerprint density at radius 1 is 1.25 bits per heavy atom. The Morgan fingerprint density at radius 3 is 2.50 bits per heavy atom. The minimum atomic E-state index is 0.0163. The average molecular weight is 493 g/mol.